The highest BCUT2D eigenvalue weighted by Crippen LogP contribution is 2.51. The van der Waals surface area contributed by atoms with Crippen LogP contribution in [0.2, 0.25) is 0 Å². The van der Waals surface area contributed by atoms with Crippen LogP contribution in [-0.4, -0.2) is 15.2 Å². The van der Waals surface area contributed by atoms with E-state index in [1.165, 1.54) is 5.56 Å². The largest absolute Gasteiger partial charge is 0.262 e. The maximum atomic E-state index is 8.63. The molecule has 1 saturated carbocycles. The van der Waals surface area contributed by atoms with Crippen molar-refractivity contribution in [1.82, 2.24) is 15.2 Å². The van der Waals surface area contributed by atoms with Gasteiger partial charge in [0, 0.05) is 0 Å². The number of benzene rings is 1. The molecular weight excluding hydrogens is 212 g/mol. The average Bonchev–Trinajstić information content (AvgIpc) is 3.06. The van der Waals surface area contributed by atoms with E-state index in [4.69, 9.17) is 5.26 Å². The predicted molar refractivity (Wildman–Crippen MR) is 62.2 cm³/mol. The van der Waals surface area contributed by atoms with Gasteiger partial charge in [-0.3, -0.25) is 5.10 Å². The number of H-pyrrole nitrogens is 1. The van der Waals surface area contributed by atoms with Crippen molar-refractivity contribution < 1.29 is 0 Å². The predicted octanol–water partition coefficient (Wildman–Crippen LogP) is 1.95. The van der Waals surface area contributed by atoms with Crippen LogP contribution in [-0.2, 0) is 11.8 Å². The molecule has 1 heterocycles. The zero-order chi connectivity index (χ0) is 11.7. The molecule has 0 spiro atoms. The molecule has 1 aliphatic rings. The minimum Gasteiger partial charge on any atom is -0.262 e. The molecule has 1 aromatic carbocycles. The second-order valence-corrected chi connectivity index (χ2v) is 4.39. The van der Waals surface area contributed by atoms with Crippen LogP contribution in [0, 0.1) is 11.3 Å². The summed E-state index contributed by atoms with van der Waals surface area (Å²) in [5.41, 5.74) is 1.26. The smallest absolute Gasteiger partial charge is 0.161 e. The standard InChI is InChI=1S/C13H12N4/c14-9-6-11-15-12(17-16-11)13(7-8-13)10-4-2-1-3-5-10/h1-5H,6-8H2,(H,15,16,17). The number of rotatable bonds is 3. The molecular formula is C13H12N4. The van der Waals surface area contributed by atoms with E-state index in [9.17, 15) is 0 Å². The molecule has 0 saturated heterocycles. The first-order valence-electron chi connectivity index (χ1n) is 5.69. The van der Waals surface area contributed by atoms with Crippen LogP contribution in [0.3, 0.4) is 0 Å². The first-order chi connectivity index (χ1) is 8.35. The van der Waals surface area contributed by atoms with Crippen LogP contribution >= 0.6 is 0 Å². The normalized spacial score (nSPS) is 16.4. The molecule has 84 valence electrons. The second-order valence-electron chi connectivity index (χ2n) is 4.39. The minimum atomic E-state index is -0.00847. The Bertz CT molecular complexity index is 561. The monoisotopic (exact) mass is 224 g/mol. The van der Waals surface area contributed by atoms with Crippen molar-refractivity contribution in [2.24, 2.45) is 0 Å². The van der Waals surface area contributed by atoms with E-state index in [0.717, 1.165) is 18.7 Å². The summed E-state index contributed by atoms with van der Waals surface area (Å²) in [5, 5.41) is 15.7. The van der Waals surface area contributed by atoms with Gasteiger partial charge in [-0.25, -0.2) is 4.98 Å². The van der Waals surface area contributed by atoms with Gasteiger partial charge in [-0.1, -0.05) is 30.3 Å². The van der Waals surface area contributed by atoms with Gasteiger partial charge in [-0.2, -0.15) is 10.4 Å². The van der Waals surface area contributed by atoms with E-state index in [1.54, 1.807) is 0 Å². The number of nitrogens with zero attached hydrogens (tertiary/aromatic N) is 3. The number of nitriles is 1. The molecule has 1 aliphatic carbocycles. The lowest BCUT2D eigenvalue weighted by atomic mass is 9.95. The van der Waals surface area contributed by atoms with Crippen molar-refractivity contribution in [3.05, 3.63) is 47.5 Å². The van der Waals surface area contributed by atoms with Crippen molar-refractivity contribution in [2.75, 3.05) is 0 Å². The SMILES string of the molecule is N#CCc1nc(C2(c3ccccc3)CC2)n[nH]1. The maximum Gasteiger partial charge on any atom is 0.161 e. The summed E-state index contributed by atoms with van der Waals surface area (Å²) >= 11 is 0. The Kier molecular flexibility index (Phi) is 2.19. The highest BCUT2D eigenvalue weighted by molar-refractivity contribution is 5.38. The van der Waals surface area contributed by atoms with E-state index in [-0.39, 0.29) is 11.8 Å². The Labute approximate surface area is 99.3 Å². The molecule has 0 atom stereocenters. The summed E-state index contributed by atoms with van der Waals surface area (Å²) in [7, 11) is 0. The van der Waals surface area contributed by atoms with Crippen molar-refractivity contribution >= 4 is 0 Å². The van der Waals surface area contributed by atoms with Crippen molar-refractivity contribution in [2.45, 2.75) is 24.7 Å². The second kappa shape index (κ2) is 3.70. The van der Waals surface area contributed by atoms with Gasteiger partial charge in [0.05, 0.1) is 17.9 Å². The molecule has 1 fully saturated rings. The molecule has 17 heavy (non-hydrogen) atoms. The number of hydrogen-bond donors (Lipinski definition) is 1. The average molecular weight is 224 g/mol. The zero-order valence-electron chi connectivity index (χ0n) is 9.35. The first-order valence-corrected chi connectivity index (χ1v) is 5.69. The molecule has 0 aliphatic heterocycles. The molecule has 4 heteroatoms. The molecule has 4 nitrogen and oxygen atoms in total. The third-order valence-corrected chi connectivity index (χ3v) is 3.28. The quantitative estimate of drug-likeness (QED) is 0.866. The molecule has 0 unspecified atom stereocenters. The van der Waals surface area contributed by atoms with Crippen LogP contribution in [0.4, 0.5) is 0 Å². The summed E-state index contributed by atoms with van der Waals surface area (Å²) in [5.74, 6) is 1.48. The summed E-state index contributed by atoms with van der Waals surface area (Å²) in [6.45, 7) is 0. The molecule has 3 rings (SSSR count). The lowest BCUT2D eigenvalue weighted by Crippen LogP contribution is -2.10. The zero-order valence-corrected chi connectivity index (χ0v) is 9.35. The lowest BCUT2D eigenvalue weighted by molar-refractivity contribution is 0.761. The summed E-state index contributed by atoms with van der Waals surface area (Å²) in [6, 6.07) is 12.4. The van der Waals surface area contributed by atoms with Crippen molar-refractivity contribution in [3.63, 3.8) is 0 Å². The summed E-state index contributed by atoms with van der Waals surface area (Å²) in [4.78, 5) is 4.42. The maximum absolute atomic E-state index is 8.63. The van der Waals surface area contributed by atoms with Gasteiger partial charge in [0.2, 0.25) is 0 Å². The van der Waals surface area contributed by atoms with Gasteiger partial charge >= 0.3 is 0 Å². The molecule has 1 N–H and O–H groups in total. The summed E-state index contributed by atoms with van der Waals surface area (Å²) in [6.07, 6.45) is 2.46. The van der Waals surface area contributed by atoms with Gasteiger partial charge in [0.15, 0.2) is 5.82 Å². The summed E-state index contributed by atoms with van der Waals surface area (Å²) < 4.78 is 0. The van der Waals surface area contributed by atoms with Crippen LogP contribution < -0.4 is 0 Å². The van der Waals surface area contributed by atoms with Crippen LogP contribution in [0.25, 0.3) is 0 Å². The molecule has 0 radical (unpaired) electrons. The van der Waals surface area contributed by atoms with Gasteiger partial charge in [0.25, 0.3) is 0 Å². The van der Waals surface area contributed by atoms with Crippen molar-refractivity contribution in [3.8, 4) is 6.07 Å². The van der Waals surface area contributed by atoms with Gasteiger partial charge in [-0.05, 0) is 18.4 Å². The number of aromatic amines is 1. The third kappa shape index (κ3) is 1.60. The third-order valence-electron chi connectivity index (χ3n) is 3.28. The van der Waals surface area contributed by atoms with Crippen molar-refractivity contribution in [1.29, 1.82) is 5.26 Å². The molecule has 0 bridgehead atoms. The fourth-order valence-electron chi connectivity index (χ4n) is 2.19. The Morgan fingerprint density at radius 2 is 2.06 bits per heavy atom. The van der Waals surface area contributed by atoms with E-state index < -0.39 is 0 Å². The molecule has 2 aromatic rings. The Hall–Kier alpha value is -2.15. The van der Waals surface area contributed by atoms with Crippen LogP contribution in [0.1, 0.15) is 30.1 Å². The highest BCUT2D eigenvalue weighted by atomic mass is 15.2. The highest BCUT2D eigenvalue weighted by Gasteiger charge is 2.49. The lowest BCUT2D eigenvalue weighted by Gasteiger charge is -2.10. The van der Waals surface area contributed by atoms with Crippen LogP contribution in [0.5, 0.6) is 0 Å². The van der Waals surface area contributed by atoms with Crippen LogP contribution in [0.15, 0.2) is 30.3 Å². The number of aromatic nitrogens is 3. The Balaban J connectivity index is 1.96. The van der Waals surface area contributed by atoms with E-state index in [2.05, 4.69) is 33.4 Å². The Morgan fingerprint density at radius 3 is 2.71 bits per heavy atom. The Morgan fingerprint density at radius 1 is 1.29 bits per heavy atom. The minimum absolute atomic E-state index is 0.00847. The molecule has 1 aromatic heterocycles. The van der Waals surface area contributed by atoms with Gasteiger partial charge in [-0.15, -0.1) is 0 Å². The van der Waals surface area contributed by atoms with E-state index in [0.29, 0.717) is 5.82 Å². The number of nitrogens with one attached hydrogen (secondary N) is 1. The van der Waals surface area contributed by atoms with Gasteiger partial charge in [0.1, 0.15) is 5.82 Å². The van der Waals surface area contributed by atoms with E-state index in [1.807, 2.05) is 18.2 Å². The van der Waals surface area contributed by atoms with Gasteiger partial charge < -0.3 is 0 Å². The fourth-order valence-corrected chi connectivity index (χ4v) is 2.19. The van der Waals surface area contributed by atoms with E-state index >= 15 is 0 Å². The fraction of sp³-hybridized carbons (Fsp3) is 0.308. The first kappa shape index (κ1) is 10.0. The number of hydrogen-bond acceptors (Lipinski definition) is 3. The topological polar surface area (TPSA) is 65.4 Å². The molecule has 0 amide bonds.